The molecule has 0 spiro atoms. The third kappa shape index (κ3) is 4.45. The Labute approximate surface area is 174 Å². The van der Waals surface area contributed by atoms with Crippen molar-refractivity contribution < 1.29 is 9.21 Å². The Morgan fingerprint density at radius 3 is 2.41 bits per heavy atom. The summed E-state index contributed by atoms with van der Waals surface area (Å²) in [5.41, 5.74) is 3.20. The summed E-state index contributed by atoms with van der Waals surface area (Å²) in [5.74, 6) is 0.597. The minimum Gasteiger partial charge on any atom is -0.411 e. The van der Waals surface area contributed by atoms with Crippen molar-refractivity contribution in [3.05, 3.63) is 60.2 Å². The van der Waals surface area contributed by atoms with E-state index in [0.29, 0.717) is 11.1 Å². The van der Waals surface area contributed by atoms with Gasteiger partial charge in [-0.05, 0) is 37.6 Å². The second-order valence-electron chi connectivity index (χ2n) is 7.10. The van der Waals surface area contributed by atoms with Gasteiger partial charge in [-0.3, -0.25) is 4.79 Å². The Hall–Kier alpha value is -2.80. The van der Waals surface area contributed by atoms with Crippen molar-refractivity contribution in [1.29, 1.82) is 0 Å². The number of hydrogen-bond acceptors (Lipinski definition) is 6. The molecule has 1 aliphatic heterocycles. The summed E-state index contributed by atoms with van der Waals surface area (Å²) >= 11 is 1.32. The summed E-state index contributed by atoms with van der Waals surface area (Å²) in [6.45, 7) is 7.02. The topological polar surface area (TPSA) is 62.5 Å². The first kappa shape index (κ1) is 19.5. The number of nitrogens with zero attached hydrogens (tertiary/aromatic N) is 4. The Kier molecular flexibility index (Phi) is 5.85. The third-order valence-corrected chi connectivity index (χ3v) is 6.04. The zero-order chi connectivity index (χ0) is 20.2. The molecule has 1 amide bonds. The molecule has 0 bridgehead atoms. The molecule has 1 unspecified atom stereocenters. The number of benzene rings is 2. The van der Waals surface area contributed by atoms with E-state index in [9.17, 15) is 4.79 Å². The van der Waals surface area contributed by atoms with Crippen molar-refractivity contribution in [1.82, 2.24) is 15.1 Å². The number of hydrogen-bond donors (Lipinski definition) is 0. The fourth-order valence-corrected chi connectivity index (χ4v) is 4.23. The number of thioether (sulfide) groups is 1. The maximum atomic E-state index is 12.9. The summed E-state index contributed by atoms with van der Waals surface area (Å²) in [6.07, 6.45) is 0. The molecule has 2 aromatic carbocycles. The molecular weight excluding hydrogens is 384 g/mol. The molecule has 1 atom stereocenters. The molecule has 29 heavy (non-hydrogen) atoms. The lowest BCUT2D eigenvalue weighted by Crippen LogP contribution is -2.50. The Balaban J connectivity index is 1.34. The number of aryl methyl sites for hydroxylation is 1. The highest BCUT2D eigenvalue weighted by molar-refractivity contribution is 8.00. The number of carbonyl (C=O) groups excluding carboxylic acids is 1. The number of piperazine rings is 1. The Morgan fingerprint density at radius 2 is 1.69 bits per heavy atom. The summed E-state index contributed by atoms with van der Waals surface area (Å²) < 4.78 is 5.80. The molecule has 150 valence electrons. The largest absolute Gasteiger partial charge is 0.411 e. The van der Waals surface area contributed by atoms with Gasteiger partial charge >= 0.3 is 0 Å². The highest BCUT2D eigenvalue weighted by atomic mass is 32.2. The Bertz CT molecular complexity index is 968. The first-order valence-electron chi connectivity index (χ1n) is 9.77. The van der Waals surface area contributed by atoms with Crippen molar-refractivity contribution in [3.63, 3.8) is 0 Å². The van der Waals surface area contributed by atoms with Crippen LogP contribution in [-0.2, 0) is 4.79 Å². The molecular formula is C22H24N4O2S. The predicted octanol–water partition coefficient (Wildman–Crippen LogP) is 3.87. The summed E-state index contributed by atoms with van der Waals surface area (Å²) in [5, 5.41) is 8.42. The molecule has 1 saturated heterocycles. The second-order valence-corrected chi connectivity index (χ2v) is 8.39. The smallest absolute Gasteiger partial charge is 0.277 e. The average Bonchev–Trinajstić information content (AvgIpc) is 3.22. The second kappa shape index (κ2) is 8.69. The standard InChI is InChI=1S/C22H24N4O2S/c1-16-8-6-7-11-19(16)20-23-24-22(28-20)29-17(2)21(27)26-14-12-25(13-15-26)18-9-4-3-5-10-18/h3-11,17H,12-15H2,1-2H3. The first-order valence-corrected chi connectivity index (χ1v) is 10.6. The molecule has 0 aliphatic carbocycles. The number of amides is 1. The van der Waals surface area contributed by atoms with Gasteiger partial charge in [0, 0.05) is 37.4 Å². The number of anilines is 1. The van der Waals surface area contributed by atoms with Crippen molar-refractivity contribution in [3.8, 4) is 11.5 Å². The van der Waals surface area contributed by atoms with Gasteiger partial charge in [-0.1, -0.05) is 48.2 Å². The van der Waals surface area contributed by atoms with Gasteiger partial charge in [0.15, 0.2) is 0 Å². The molecule has 4 rings (SSSR count). The summed E-state index contributed by atoms with van der Waals surface area (Å²) in [7, 11) is 0. The van der Waals surface area contributed by atoms with Gasteiger partial charge in [-0.25, -0.2) is 0 Å². The van der Waals surface area contributed by atoms with Gasteiger partial charge in [-0.2, -0.15) is 0 Å². The number of para-hydroxylation sites is 1. The molecule has 3 aromatic rings. The quantitative estimate of drug-likeness (QED) is 0.597. The highest BCUT2D eigenvalue weighted by Crippen LogP contribution is 2.28. The number of aromatic nitrogens is 2. The van der Waals surface area contributed by atoms with E-state index in [2.05, 4.69) is 27.2 Å². The molecule has 1 aliphatic rings. The molecule has 0 N–H and O–H groups in total. The van der Waals surface area contributed by atoms with Gasteiger partial charge in [0.25, 0.3) is 5.22 Å². The lowest BCUT2D eigenvalue weighted by Gasteiger charge is -2.37. The van der Waals surface area contributed by atoms with Crippen LogP contribution in [0.2, 0.25) is 0 Å². The zero-order valence-electron chi connectivity index (χ0n) is 16.6. The van der Waals surface area contributed by atoms with E-state index < -0.39 is 0 Å². The van der Waals surface area contributed by atoms with Crippen LogP contribution in [0, 0.1) is 6.92 Å². The van der Waals surface area contributed by atoms with E-state index in [0.717, 1.165) is 37.3 Å². The van der Waals surface area contributed by atoms with Crippen LogP contribution >= 0.6 is 11.8 Å². The van der Waals surface area contributed by atoms with Crippen LogP contribution in [-0.4, -0.2) is 52.4 Å². The van der Waals surface area contributed by atoms with Gasteiger partial charge in [0.1, 0.15) is 0 Å². The molecule has 1 fully saturated rings. The fourth-order valence-electron chi connectivity index (χ4n) is 3.46. The third-order valence-electron chi connectivity index (χ3n) is 5.12. The molecule has 1 aromatic heterocycles. The molecule has 0 saturated carbocycles. The molecule has 7 heteroatoms. The van der Waals surface area contributed by atoms with E-state index in [1.807, 2.05) is 61.2 Å². The van der Waals surface area contributed by atoms with Gasteiger partial charge in [0.2, 0.25) is 11.8 Å². The zero-order valence-corrected chi connectivity index (χ0v) is 17.4. The predicted molar refractivity (Wildman–Crippen MR) is 115 cm³/mol. The lowest BCUT2D eigenvalue weighted by molar-refractivity contribution is -0.130. The van der Waals surface area contributed by atoms with Crippen molar-refractivity contribution in [2.45, 2.75) is 24.3 Å². The van der Waals surface area contributed by atoms with Gasteiger partial charge in [0.05, 0.1) is 5.25 Å². The molecule has 6 nitrogen and oxygen atoms in total. The van der Waals surface area contributed by atoms with Crippen LogP contribution in [0.1, 0.15) is 12.5 Å². The van der Waals surface area contributed by atoms with Crippen LogP contribution in [0.4, 0.5) is 5.69 Å². The monoisotopic (exact) mass is 408 g/mol. The SMILES string of the molecule is Cc1ccccc1-c1nnc(SC(C)C(=O)N2CCN(c3ccccc3)CC2)o1. The summed E-state index contributed by atoms with van der Waals surface area (Å²) in [6, 6.07) is 18.2. The van der Waals surface area contributed by atoms with Crippen LogP contribution in [0.25, 0.3) is 11.5 Å². The van der Waals surface area contributed by atoms with Crippen LogP contribution in [0.5, 0.6) is 0 Å². The minimum absolute atomic E-state index is 0.110. The summed E-state index contributed by atoms with van der Waals surface area (Å²) in [4.78, 5) is 17.1. The maximum Gasteiger partial charge on any atom is 0.277 e. The van der Waals surface area contributed by atoms with Crippen molar-refractivity contribution >= 4 is 23.4 Å². The number of carbonyl (C=O) groups is 1. The highest BCUT2D eigenvalue weighted by Gasteiger charge is 2.27. The molecule has 2 heterocycles. The van der Waals surface area contributed by atoms with E-state index in [1.165, 1.54) is 17.4 Å². The van der Waals surface area contributed by atoms with Crippen LogP contribution in [0.15, 0.2) is 64.2 Å². The average molecular weight is 409 g/mol. The maximum absolute atomic E-state index is 12.9. The van der Waals surface area contributed by atoms with Crippen molar-refractivity contribution in [2.24, 2.45) is 0 Å². The van der Waals surface area contributed by atoms with E-state index in [4.69, 9.17) is 4.42 Å². The van der Waals surface area contributed by atoms with Gasteiger partial charge < -0.3 is 14.2 Å². The van der Waals surface area contributed by atoms with Crippen molar-refractivity contribution in [2.75, 3.05) is 31.1 Å². The first-order chi connectivity index (χ1) is 14.1. The minimum atomic E-state index is -0.275. The van der Waals surface area contributed by atoms with E-state index in [1.54, 1.807) is 0 Å². The fraction of sp³-hybridized carbons (Fsp3) is 0.318. The Morgan fingerprint density at radius 1 is 1.00 bits per heavy atom. The van der Waals surface area contributed by atoms with E-state index >= 15 is 0 Å². The van der Waals surface area contributed by atoms with E-state index in [-0.39, 0.29) is 11.2 Å². The van der Waals surface area contributed by atoms with Gasteiger partial charge in [-0.15, -0.1) is 10.2 Å². The van der Waals surface area contributed by atoms with Crippen LogP contribution in [0.3, 0.4) is 0 Å². The van der Waals surface area contributed by atoms with Crippen LogP contribution < -0.4 is 4.90 Å². The lowest BCUT2D eigenvalue weighted by atomic mass is 10.1. The number of rotatable bonds is 5. The molecule has 0 radical (unpaired) electrons. The normalized spacial score (nSPS) is 15.4.